The molecule has 1 aliphatic rings. The van der Waals surface area contributed by atoms with Crippen molar-refractivity contribution >= 4 is 5.97 Å². The molecule has 1 fully saturated rings. The number of carboxylic acid groups (broad SMARTS) is 1. The number of methoxy groups -OCH3 is 1. The lowest BCUT2D eigenvalue weighted by atomic mass is 9.81. The lowest BCUT2D eigenvalue weighted by Crippen LogP contribution is -2.49. The Balaban J connectivity index is 2.53. The highest BCUT2D eigenvalue weighted by molar-refractivity contribution is 5.74. The van der Waals surface area contributed by atoms with Gasteiger partial charge in [0.15, 0.2) is 0 Å². The van der Waals surface area contributed by atoms with Crippen LogP contribution >= 0.6 is 0 Å². The number of rotatable bonds is 5. The summed E-state index contributed by atoms with van der Waals surface area (Å²) >= 11 is 0. The van der Waals surface area contributed by atoms with Crippen LogP contribution in [0.3, 0.4) is 0 Å². The summed E-state index contributed by atoms with van der Waals surface area (Å²) in [7, 11) is 1.70. The highest BCUT2D eigenvalue weighted by Gasteiger charge is 2.38. The maximum absolute atomic E-state index is 11.2. The fourth-order valence-corrected chi connectivity index (χ4v) is 2.30. The smallest absolute Gasteiger partial charge is 0.310 e. The van der Waals surface area contributed by atoms with Crippen LogP contribution in [0.25, 0.3) is 0 Å². The minimum Gasteiger partial charge on any atom is -0.481 e. The van der Waals surface area contributed by atoms with Crippen molar-refractivity contribution in [3.8, 4) is 0 Å². The molecule has 1 N–H and O–H groups in total. The number of piperidine rings is 1. The Bertz CT molecular complexity index is 244. The molecule has 4 heteroatoms. The first kappa shape index (κ1) is 13.5. The van der Waals surface area contributed by atoms with E-state index >= 15 is 0 Å². The van der Waals surface area contributed by atoms with Crippen molar-refractivity contribution in [3.63, 3.8) is 0 Å². The van der Waals surface area contributed by atoms with Gasteiger partial charge < -0.3 is 9.84 Å². The van der Waals surface area contributed by atoms with E-state index in [2.05, 4.69) is 11.8 Å². The second-order valence-electron chi connectivity index (χ2n) is 5.07. The SMILES string of the molecule is COCCC(C)N1CCCC(C)(C(=O)O)C1. The predicted octanol–water partition coefficient (Wildman–Crippen LogP) is 1.60. The summed E-state index contributed by atoms with van der Waals surface area (Å²) in [5, 5.41) is 9.22. The van der Waals surface area contributed by atoms with E-state index in [1.54, 1.807) is 7.11 Å². The number of likely N-dealkylation sites (tertiary alicyclic amines) is 1. The van der Waals surface area contributed by atoms with Gasteiger partial charge in [-0.25, -0.2) is 0 Å². The number of aliphatic carboxylic acids is 1. The average Bonchev–Trinajstić information content (AvgIpc) is 2.25. The molecule has 0 aliphatic carbocycles. The zero-order chi connectivity index (χ0) is 12.2. The van der Waals surface area contributed by atoms with Crippen LogP contribution in [0, 0.1) is 5.41 Å². The fraction of sp³-hybridized carbons (Fsp3) is 0.917. The van der Waals surface area contributed by atoms with Crippen LogP contribution < -0.4 is 0 Å². The van der Waals surface area contributed by atoms with Crippen LogP contribution in [0.2, 0.25) is 0 Å². The number of ether oxygens (including phenoxy) is 1. The maximum Gasteiger partial charge on any atom is 0.310 e. The Morgan fingerprint density at radius 2 is 2.31 bits per heavy atom. The standard InChI is InChI=1S/C12H23NO3/c1-10(5-8-16-3)13-7-4-6-12(2,9-13)11(14)15/h10H,4-9H2,1-3H3,(H,14,15). The molecule has 1 heterocycles. The molecule has 0 aromatic carbocycles. The van der Waals surface area contributed by atoms with Crippen LogP contribution in [0.15, 0.2) is 0 Å². The normalized spacial score (nSPS) is 28.9. The summed E-state index contributed by atoms with van der Waals surface area (Å²) in [6, 6.07) is 0.402. The number of hydrogen-bond acceptors (Lipinski definition) is 3. The van der Waals surface area contributed by atoms with Crippen LogP contribution in [0.1, 0.15) is 33.1 Å². The van der Waals surface area contributed by atoms with Gasteiger partial charge in [-0.1, -0.05) is 0 Å². The van der Waals surface area contributed by atoms with E-state index in [1.165, 1.54) is 0 Å². The van der Waals surface area contributed by atoms with Gasteiger partial charge in [-0.3, -0.25) is 9.69 Å². The monoisotopic (exact) mass is 229 g/mol. The van der Waals surface area contributed by atoms with Crippen molar-refractivity contribution in [2.24, 2.45) is 5.41 Å². The van der Waals surface area contributed by atoms with Gasteiger partial charge in [0.2, 0.25) is 0 Å². The molecule has 4 nitrogen and oxygen atoms in total. The second-order valence-corrected chi connectivity index (χ2v) is 5.07. The summed E-state index contributed by atoms with van der Waals surface area (Å²) < 4.78 is 5.06. The number of carboxylic acids is 1. The zero-order valence-electron chi connectivity index (χ0n) is 10.5. The van der Waals surface area contributed by atoms with Crippen molar-refractivity contribution < 1.29 is 14.6 Å². The van der Waals surface area contributed by atoms with Gasteiger partial charge in [0.1, 0.15) is 0 Å². The molecule has 0 amide bonds. The van der Waals surface area contributed by atoms with E-state index in [1.807, 2.05) is 6.92 Å². The van der Waals surface area contributed by atoms with Crippen molar-refractivity contribution in [2.75, 3.05) is 26.8 Å². The van der Waals surface area contributed by atoms with Gasteiger partial charge in [0, 0.05) is 26.3 Å². The van der Waals surface area contributed by atoms with Crippen LogP contribution in [-0.4, -0.2) is 48.8 Å². The molecule has 0 aromatic rings. The summed E-state index contributed by atoms with van der Waals surface area (Å²) in [5.41, 5.74) is -0.570. The summed E-state index contributed by atoms with van der Waals surface area (Å²) in [4.78, 5) is 13.5. The number of nitrogens with zero attached hydrogens (tertiary/aromatic N) is 1. The molecule has 94 valence electrons. The van der Waals surface area contributed by atoms with E-state index in [0.29, 0.717) is 12.6 Å². The highest BCUT2D eigenvalue weighted by atomic mass is 16.5. The van der Waals surface area contributed by atoms with Crippen molar-refractivity contribution in [3.05, 3.63) is 0 Å². The molecule has 2 atom stereocenters. The zero-order valence-corrected chi connectivity index (χ0v) is 10.5. The molecule has 1 aliphatic heterocycles. The number of hydrogen-bond donors (Lipinski definition) is 1. The van der Waals surface area contributed by atoms with Crippen LogP contribution in [0.5, 0.6) is 0 Å². The van der Waals surface area contributed by atoms with Gasteiger partial charge in [-0.2, -0.15) is 0 Å². The third-order valence-corrected chi connectivity index (χ3v) is 3.61. The Labute approximate surface area is 97.6 Å². The maximum atomic E-state index is 11.2. The molecule has 2 unspecified atom stereocenters. The Morgan fingerprint density at radius 1 is 1.62 bits per heavy atom. The minimum atomic E-state index is -0.670. The fourth-order valence-electron chi connectivity index (χ4n) is 2.30. The van der Waals surface area contributed by atoms with Gasteiger partial charge in [-0.05, 0) is 39.7 Å². The lowest BCUT2D eigenvalue weighted by Gasteiger charge is -2.40. The Kier molecular flexibility index (Phi) is 4.74. The highest BCUT2D eigenvalue weighted by Crippen LogP contribution is 2.31. The van der Waals surface area contributed by atoms with E-state index in [0.717, 1.165) is 32.4 Å². The quantitative estimate of drug-likeness (QED) is 0.778. The molecular weight excluding hydrogens is 206 g/mol. The average molecular weight is 229 g/mol. The molecular formula is C12H23NO3. The van der Waals surface area contributed by atoms with E-state index < -0.39 is 11.4 Å². The summed E-state index contributed by atoms with van der Waals surface area (Å²) in [6.07, 6.45) is 2.72. The van der Waals surface area contributed by atoms with Crippen molar-refractivity contribution in [2.45, 2.75) is 39.2 Å². The van der Waals surface area contributed by atoms with Crippen LogP contribution in [0.4, 0.5) is 0 Å². The minimum absolute atomic E-state index is 0.402. The first-order chi connectivity index (χ1) is 7.49. The van der Waals surface area contributed by atoms with Crippen LogP contribution in [-0.2, 0) is 9.53 Å². The predicted molar refractivity (Wildman–Crippen MR) is 62.5 cm³/mol. The van der Waals surface area contributed by atoms with Gasteiger partial charge in [-0.15, -0.1) is 0 Å². The molecule has 0 saturated carbocycles. The Morgan fingerprint density at radius 3 is 2.88 bits per heavy atom. The molecule has 1 rings (SSSR count). The second kappa shape index (κ2) is 5.64. The Hall–Kier alpha value is -0.610. The van der Waals surface area contributed by atoms with E-state index in [4.69, 9.17) is 4.74 Å². The molecule has 1 saturated heterocycles. The molecule has 0 spiro atoms. The molecule has 0 bridgehead atoms. The van der Waals surface area contributed by atoms with Crippen molar-refractivity contribution in [1.82, 2.24) is 4.90 Å². The molecule has 0 aromatic heterocycles. The van der Waals surface area contributed by atoms with E-state index in [-0.39, 0.29) is 0 Å². The first-order valence-electron chi connectivity index (χ1n) is 5.96. The van der Waals surface area contributed by atoms with Gasteiger partial charge in [0.05, 0.1) is 5.41 Å². The third-order valence-electron chi connectivity index (χ3n) is 3.61. The van der Waals surface area contributed by atoms with E-state index in [9.17, 15) is 9.90 Å². The topological polar surface area (TPSA) is 49.8 Å². The molecule has 16 heavy (non-hydrogen) atoms. The van der Waals surface area contributed by atoms with Gasteiger partial charge in [0.25, 0.3) is 0 Å². The summed E-state index contributed by atoms with van der Waals surface area (Å²) in [6.45, 7) is 6.40. The first-order valence-corrected chi connectivity index (χ1v) is 5.96. The summed E-state index contributed by atoms with van der Waals surface area (Å²) in [5.74, 6) is -0.670. The largest absolute Gasteiger partial charge is 0.481 e. The number of carbonyl (C=O) groups is 1. The third kappa shape index (κ3) is 3.19. The van der Waals surface area contributed by atoms with Gasteiger partial charge >= 0.3 is 5.97 Å². The molecule has 0 radical (unpaired) electrons. The lowest BCUT2D eigenvalue weighted by molar-refractivity contribution is -0.151. The van der Waals surface area contributed by atoms with Crippen molar-refractivity contribution in [1.29, 1.82) is 0 Å².